The molecule has 0 aromatic rings. The summed E-state index contributed by atoms with van der Waals surface area (Å²) in [7, 11) is 0. The third-order valence-corrected chi connectivity index (χ3v) is 12.0. The molecule has 56 heavy (non-hydrogen) atoms. The first-order valence-corrected chi connectivity index (χ1v) is 25.1. The zero-order valence-corrected chi connectivity index (χ0v) is 38.4. The minimum Gasteiger partial charge on any atom is -0.465 e. The number of rotatable bonds is 46. The van der Waals surface area contributed by atoms with Crippen molar-refractivity contribution in [1.82, 2.24) is 4.90 Å². The van der Waals surface area contributed by atoms with E-state index in [1.165, 1.54) is 180 Å². The maximum absolute atomic E-state index is 12.6. The van der Waals surface area contributed by atoms with Crippen LogP contribution in [0.2, 0.25) is 0 Å². The van der Waals surface area contributed by atoms with Crippen LogP contribution in [0.1, 0.15) is 259 Å². The van der Waals surface area contributed by atoms with E-state index in [0.29, 0.717) is 44.4 Å². The molecule has 2 unspecified atom stereocenters. The van der Waals surface area contributed by atoms with E-state index in [4.69, 9.17) is 9.47 Å². The van der Waals surface area contributed by atoms with Crippen LogP contribution in [0.3, 0.4) is 0 Å². The first-order chi connectivity index (χ1) is 27.5. The summed E-state index contributed by atoms with van der Waals surface area (Å²) in [5.41, 5.74) is 0. The van der Waals surface area contributed by atoms with Crippen molar-refractivity contribution >= 4 is 11.9 Å². The van der Waals surface area contributed by atoms with Gasteiger partial charge in [0, 0.05) is 19.4 Å². The molecule has 0 saturated heterocycles. The lowest BCUT2D eigenvalue weighted by Crippen LogP contribution is -2.29. The second-order valence-electron chi connectivity index (χ2n) is 17.5. The van der Waals surface area contributed by atoms with Gasteiger partial charge in [0.1, 0.15) is 0 Å². The Morgan fingerprint density at radius 2 is 0.679 bits per heavy atom. The molecule has 0 bridgehead atoms. The first kappa shape index (κ1) is 54.9. The fourth-order valence-electron chi connectivity index (χ4n) is 8.08. The molecule has 2 atom stereocenters. The Hall–Kier alpha value is -1.14. The molecule has 0 aliphatic carbocycles. The van der Waals surface area contributed by atoms with E-state index >= 15 is 0 Å². The van der Waals surface area contributed by atoms with Gasteiger partial charge in [0.15, 0.2) is 0 Å². The average Bonchev–Trinajstić information content (AvgIpc) is 3.19. The summed E-state index contributed by atoms with van der Waals surface area (Å²) in [6, 6.07) is 0. The number of esters is 2. The molecule has 0 rings (SSSR count). The molecule has 0 radical (unpaired) electrons. The summed E-state index contributed by atoms with van der Waals surface area (Å²) >= 11 is 0. The molecule has 6 nitrogen and oxygen atoms in total. The van der Waals surface area contributed by atoms with Gasteiger partial charge in [0.25, 0.3) is 0 Å². The molecule has 0 saturated carbocycles. The highest BCUT2D eigenvalue weighted by Gasteiger charge is 2.14. The maximum Gasteiger partial charge on any atom is 0.305 e. The lowest BCUT2D eigenvalue weighted by molar-refractivity contribution is -0.146. The van der Waals surface area contributed by atoms with E-state index in [0.717, 1.165) is 51.6 Å². The van der Waals surface area contributed by atoms with Crippen LogP contribution in [0.4, 0.5) is 0 Å². The number of carbonyl (C=O) groups excluding carboxylic acids is 2. The molecular weight excluding hydrogens is 695 g/mol. The van der Waals surface area contributed by atoms with Gasteiger partial charge in [0.2, 0.25) is 0 Å². The topological polar surface area (TPSA) is 76.1 Å². The Morgan fingerprint density at radius 3 is 0.982 bits per heavy atom. The first-order valence-electron chi connectivity index (χ1n) is 25.1. The molecule has 0 aromatic heterocycles. The lowest BCUT2D eigenvalue weighted by atomic mass is 9.95. The monoisotopic (exact) mass is 794 g/mol. The number of carbonyl (C=O) groups is 2. The number of ether oxygens (including phenoxy) is 2. The Labute approximate surface area is 350 Å². The van der Waals surface area contributed by atoms with Gasteiger partial charge < -0.3 is 19.5 Å². The highest BCUT2D eigenvalue weighted by atomic mass is 16.5. The van der Waals surface area contributed by atoms with E-state index in [9.17, 15) is 14.7 Å². The zero-order valence-electron chi connectivity index (χ0n) is 38.4. The van der Waals surface area contributed by atoms with Crippen LogP contribution in [-0.2, 0) is 19.1 Å². The van der Waals surface area contributed by atoms with Crippen molar-refractivity contribution in [3.8, 4) is 0 Å². The van der Waals surface area contributed by atoms with Crippen molar-refractivity contribution in [3.05, 3.63) is 0 Å². The van der Waals surface area contributed by atoms with Gasteiger partial charge in [0.05, 0.1) is 19.8 Å². The van der Waals surface area contributed by atoms with Crippen LogP contribution in [0.5, 0.6) is 0 Å². The van der Waals surface area contributed by atoms with Gasteiger partial charge in [-0.2, -0.15) is 0 Å². The van der Waals surface area contributed by atoms with Crippen molar-refractivity contribution in [3.63, 3.8) is 0 Å². The fourth-order valence-corrected chi connectivity index (χ4v) is 8.08. The van der Waals surface area contributed by atoms with Gasteiger partial charge in [-0.05, 0) is 76.3 Å². The number of aliphatic hydroxyl groups is 1. The summed E-state index contributed by atoms with van der Waals surface area (Å²) in [5, 5.41) is 9.64. The smallest absolute Gasteiger partial charge is 0.305 e. The predicted molar refractivity (Wildman–Crippen MR) is 241 cm³/mol. The van der Waals surface area contributed by atoms with Gasteiger partial charge >= 0.3 is 11.9 Å². The molecule has 334 valence electrons. The summed E-state index contributed by atoms with van der Waals surface area (Å²) in [4.78, 5) is 27.6. The van der Waals surface area contributed by atoms with E-state index in [1.807, 2.05) is 0 Å². The van der Waals surface area contributed by atoms with Crippen LogP contribution >= 0.6 is 0 Å². The second-order valence-corrected chi connectivity index (χ2v) is 17.5. The average molecular weight is 794 g/mol. The standard InChI is InChI=1S/C50H99NO5/c1-5-9-13-17-19-23-29-37-47(35-27-21-15-11-7-3)45-55-49(53)39-31-25-33-41-51(43-44-52)42-34-26-32-40-50(54)56-46-48(36-28-22-16-12-8-4)38-30-24-20-18-14-10-6-2/h47-48,52H,5-46H2,1-4H3. The van der Waals surface area contributed by atoms with Crippen LogP contribution in [0.25, 0.3) is 0 Å². The molecule has 6 heteroatoms. The summed E-state index contributed by atoms with van der Waals surface area (Å²) in [6.45, 7) is 13.0. The Balaban J connectivity index is 4.29. The Bertz CT molecular complexity index is 744. The molecule has 0 aliphatic rings. The molecule has 0 spiro atoms. The van der Waals surface area contributed by atoms with E-state index in [1.54, 1.807) is 0 Å². The van der Waals surface area contributed by atoms with Crippen molar-refractivity contribution in [2.75, 3.05) is 39.5 Å². The highest BCUT2D eigenvalue weighted by Crippen LogP contribution is 2.22. The number of unbranched alkanes of at least 4 members (excludes halogenated alkanes) is 24. The predicted octanol–water partition coefficient (Wildman–Crippen LogP) is 14.7. The Kier molecular flexibility index (Phi) is 44.0. The van der Waals surface area contributed by atoms with E-state index in [2.05, 4.69) is 32.6 Å². The van der Waals surface area contributed by atoms with Crippen LogP contribution < -0.4 is 0 Å². The van der Waals surface area contributed by atoms with Crippen molar-refractivity contribution in [2.24, 2.45) is 11.8 Å². The molecule has 1 N–H and O–H groups in total. The molecule has 0 aliphatic heterocycles. The third-order valence-electron chi connectivity index (χ3n) is 12.0. The van der Waals surface area contributed by atoms with Crippen molar-refractivity contribution in [1.29, 1.82) is 0 Å². The van der Waals surface area contributed by atoms with Gasteiger partial charge in [-0.25, -0.2) is 0 Å². The molecule has 0 heterocycles. The van der Waals surface area contributed by atoms with E-state index in [-0.39, 0.29) is 18.5 Å². The molecular formula is C50H99NO5. The van der Waals surface area contributed by atoms with Crippen LogP contribution in [0, 0.1) is 11.8 Å². The van der Waals surface area contributed by atoms with Gasteiger partial charge in [-0.3, -0.25) is 9.59 Å². The van der Waals surface area contributed by atoms with Crippen molar-refractivity contribution in [2.45, 2.75) is 259 Å². The lowest BCUT2D eigenvalue weighted by Gasteiger charge is -2.21. The molecule has 0 amide bonds. The molecule has 0 aromatic carbocycles. The van der Waals surface area contributed by atoms with Gasteiger partial charge in [-0.15, -0.1) is 0 Å². The number of hydrogen-bond donors (Lipinski definition) is 1. The second kappa shape index (κ2) is 45.0. The molecule has 0 fully saturated rings. The van der Waals surface area contributed by atoms with Crippen LogP contribution in [-0.4, -0.2) is 61.4 Å². The van der Waals surface area contributed by atoms with E-state index < -0.39 is 0 Å². The number of nitrogens with zero attached hydrogens (tertiary/aromatic N) is 1. The highest BCUT2D eigenvalue weighted by molar-refractivity contribution is 5.69. The minimum atomic E-state index is -0.0302. The number of aliphatic hydroxyl groups excluding tert-OH is 1. The zero-order chi connectivity index (χ0) is 41.0. The maximum atomic E-state index is 12.6. The van der Waals surface area contributed by atoms with Crippen LogP contribution in [0.15, 0.2) is 0 Å². The number of hydrogen-bond acceptors (Lipinski definition) is 6. The summed E-state index contributed by atoms with van der Waals surface area (Å²) in [5.74, 6) is 0.969. The normalized spacial score (nSPS) is 12.7. The van der Waals surface area contributed by atoms with Gasteiger partial charge in [-0.1, -0.05) is 195 Å². The fraction of sp³-hybridized carbons (Fsp3) is 0.960. The third kappa shape index (κ3) is 39.7. The Morgan fingerprint density at radius 1 is 0.393 bits per heavy atom. The summed E-state index contributed by atoms with van der Waals surface area (Å²) in [6.07, 6.45) is 43.2. The minimum absolute atomic E-state index is 0.0302. The largest absolute Gasteiger partial charge is 0.465 e. The SMILES string of the molecule is CCCCCCCCCC(CCCCCCC)COC(=O)CCCCCN(CCO)CCCCCC(=O)OCC(CCCCCCC)CCCCCCCCC. The quantitative estimate of drug-likeness (QED) is 0.0489. The van der Waals surface area contributed by atoms with Crippen molar-refractivity contribution < 1.29 is 24.2 Å². The summed E-state index contributed by atoms with van der Waals surface area (Å²) < 4.78 is 11.6.